The Bertz CT molecular complexity index is 1640. The average Bonchev–Trinajstić information content (AvgIpc) is 3.43. The Labute approximate surface area is 228 Å². The molecule has 204 valence electrons. The first-order valence-corrected chi connectivity index (χ1v) is 11.9. The highest BCUT2D eigenvalue weighted by Gasteiger charge is 2.41. The Morgan fingerprint density at radius 2 is 1.49 bits per heavy atom. The van der Waals surface area contributed by atoms with E-state index in [1.54, 1.807) is 0 Å². The Balaban J connectivity index is 1.83. The van der Waals surface area contributed by atoms with Gasteiger partial charge in [0.05, 0.1) is 22.2 Å². The second-order valence-corrected chi connectivity index (χ2v) is 9.19. The van der Waals surface area contributed by atoms with Crippen LogP contribution in [0, 0.1) is 0 Å². The van der Waals surface area contributed by atoms with E-state index in [-0.39, 0.29) is 33.9 Å². The third-order valence-corrected chi connectivity index (χ3v) is 6.37. The first-order valence-electron chi connectivity index (χ1n) is 11.2. The predicted octanol–water partition coefficient (Wildman–Crippen LogP) is 4.50. The van der Waals surface area contributed by atoms with Crippen LogP contribution in [0.25, 0.3) is 21.8 Å². The zero-order chi connectivity index (χ0) is 28.6. The van der Waals surface area contributed by atoms with Gasteiger partial charge in [0.15, 0.2) is 0 Å². The summed E-state index contributed by atoms with van der Waals surface area (Å²) < 4.78 is 47.8. The lowest BCUT2D eigenvalue weighted by atomic mass is 10.1. The molecule has 0 fully saturated rings. The van der Waals surface area contributed by atoms with Gasteiger partial charge in [0, 0.05) is 47.3 Å². The van der Waals surface area contributed by atoms with Crippen LogP contribution in [0.15, 0.2) is 48.8 Å². The van der Waals surface area contributed by atoms with Crippen LogP contribution < -0.4 is 10.6 Å². The van der Waals surface area contributed by atoms with Gasteiger partial charge in [-0.3, -0.25) is 14.4 Å². The van der Waals surface area contributed by atoms with Gasteiger partial charge in [0.1, 0.15) is 6.54 Å². The summed E-state index contributed by atoms with van der Waals surface area (Å²) in [5.74, 6) is -4.44. The van der Waals surface area contributed by atoms with Crippen molar-refractivity contribution in [3.05, 3.63) is 70.0 Å². The fourth-order valence-corrected chi connectivity index (χ4v) is 4.40. The number of benzene rings is 2. The van der Waals surface area contributed by atoms with Crippen molar-refractivity contribution in [2.75, 3.05) is 14.1 Å². The Hall–Kier alpha value is -4.03. The average molecular weight is 583 g/mol. The van der Waals surface area contributed by atoms with E-state index >= 15 is 0 Å². The fourth-order valence-electron chi connectivity index (χ4n) is 4.07. The van der Waals surface area contributed by atoms with Crippen molar-refractivity contribution in [1.82, 2.24) is 19.8 Å². The molecule has 4 rings (SSSR count). The number of ketones is 1. The number of hydrogen-bond donors (Lipinski definition) is 2. The van der Waals surface area contributed by atoms with Crippen LogP contribution >= 0.6 is 23.2 Å². The zero-order valence-corrected chi connectivity index (χ0v) is 21.7. The maximum Gasteiger partial charge on any atom is 0.454 e. The fraction of sp³-hybridized carbons (Fsp3) is 0.200. The predicted molar refractivity (Wildman–Crippen MR) is 137 cm³/mol. The van der Waals surface area contributed by atoms with E-state index in [0.29, 0.717) is 15.9 Å². The van der Waals surface area contributed by atoms with Crippen molar-refractivity contribution in [2.45, 2.75) is 18.9 Å². The smallest absolute Gasteiger partial charge is 0.428 e. The number of nitrogens with one attached hydrogen (secondary N) is 2. The summed E-state index contributed by atoms with van der Waals surface area (Å²) in [5.41, 5.74) is -0.423. The summed E-state index contributed by atoms with van der Waals surface area (Å²) in [6.45, 7) is -0.164. The molecule has 4 aromatic rings. The molecule has 1 unspecified atom stereocenters. The lowest BCUT2D eigenvalue weighted by Crippen LogP contribution is -2.33. The number of aromatic nitrogens is 2. The quantitative estimate of drug-likeness (QED) is 0.246. The van der Waals surface area contributed by atoms with Gasteiger partial charge < -0.3 is 24.5 Å². The van der Waals surface area contributed by atoms with Gasteiger partial charge in [-0.25, -0.2) is 4.79 Å². The van der Waals surface area contributed by atoms with E-state index < -0.39 is 35.6 Å². The van der Waals surface area contributed by atoms with Crippen molar-refractivity contribution < 1.29 is 37.1 Å². The molecule has 39 heavy (non-hydrogen) atoms. The van der Waals surface area contributed by atoms with E-state index in [4.69, 9.17) is 27.9 Å². The Kier molecular flexibility index (Phi) is 7.62. The lowest BCUT2D eigenvalue weighted by Gasteiger charge is -2.19. The van der Waals surface area contributed by atoms with Crippen LogP contribution in [0.5, 0.6) is 0 Å². The van der Waals surface area contributed by atoms with Crippen LogP contribution in [0.1, 0.15) is 26.9 Å². The van der Waals surface area contributed by atoms with Crippen molar-refractivity contribution in [2.24, 2.45) is 0 Å². The molecule has 2 aromatic heterocycles. The van der Waals surface area contributed by atoms with Gasteiger partial charge in [0.2, 0.25) is 5.91 Å². The third-order valence-electron chi connectivity index (χ3n) is 5.90. The zero-order valence-electron chi connectivity index (χ0n) is 20.2. The number of amides is 2. The molecular formula is C25H19Cl2F3N4O5. The number of halogens is 5. The number of rotatable bonds is 7. The standard InChI is InChI=1S/C25H19Cl2F3N4O5/c1-31-20(35)11-33-9-17(15-6-4-12(26)7-18(15)33)24(38)39-23(22(37)32-2)34-10-16(21(36)25(28,29)30)14-5-3-13(27)8-19(14)34/h3-10,23H,11H2,1-2H3,(H,31,35)(H,32,37). The highest BCUT2D eigenvalue weighted by molar-refractivity contribution is 6.32. The van der Waals surface area contributed by atoms with E-state index in [1.807, 2.05) is 0 Å². The molecule has 0 bridgehead atoms. The number of Topliss-reactive ketones (excluding diaryl/α,β-unsaturated/α-hetero) is 1. The monoisotopic (exact) mass is 582 g/mol. The molecular weight excluding hydrogens is 564 g/mol. The van der Waals surface area contributed by atoms with Crippen molar-refractivity contribution in [1.29, 1.82) is 0 Å². The van der Waals surface area contributed by atoms with Crippen LogP contribution in [0.3, 0.4) is 0 Å². The normalized spacial score (nSPS) is 12.4. The van der Waals surface area contributed by atoms with Crippen molar-refractivity contribution >= 4 is 68.6 Å². The number of hydrogen-bond acceptors (Lipinski definition) is 5. The summed E-state index contributed by atoms with van der Waals surface area (Å²) in [7, 11) is 2.68. The second kappa shape index (κ2) is 10.6. The topological polar surface area (TPSA) is 111 Å². The van der Waals surface area contributed by atoms with Gasteiger partial charge in [-0.15, -0.1) is 0 Å². The van der Waals surface area contributed by atoms with E-state index in [0.717, 1.165) is 10.8 Å². The summed E-state index contributed by atoms with van der Waals surface area (Å²) in [6.07, 6.45) is -4.91. The maximum atomic E-state index is 13.4. The van der Waals surface area contributed by atoms with E-state index in [2.05, 4.69) is 10.6 Å². The van der Waals surface area contributed by atoms with Gasteiger partial charge in [0.25, 0.3) is 17.9 Å². The van der Waals surface area contributed by atoms with Crippen molar-refractivity contribution in [3.8, 4) is 0 Å². The summed E-state index contributed by atoms with van der Waals surface area (Å²) in [6, 6.07) is 8.29. The number of carbonyl (C=O) groups is 4. The van der Waals surface area contributed by atoms with Gasteiger partial charge >= 0.3 is 12.1 Å². The molecule has 1 atom stereocenters. The van der Waals surface area contributed by atoms with E-state index in [1.165, 1.54) is 61.3 Å². The summed E-state index contributed by atoms with van der Waals surface area (Å²) in [4.78, 5) is 50.4. The lowest BCUT2D eigenvalue weighted by molar-refractivity contribution is -0.134. The molecule has 2 N–H and O–H groups in total. The number of nitrogens with zero attached hydrogens (tertiary/aromatic N) is 2. The number of fused-ring (bicyclic) bond motifs is 2. The van der Waals surface area contributed by atoms with Crippen LogP contribution in [-0.2, 0) is 20.9 Å². The highest BCUT2D eigenvalue weighted by atomic mass is 35.5. The molecule has 0 aliphatic rings. The molecule has 0 saturated heterocycles. The number of esters is 1. The second-order valence-electron chi connectivity index (χ2n) is 8.32. The number of alkyl halides is 3. The minimum atomic E-state index is -5.20. The minimum absolute atomic E-state index is 0.0411. The summed E-state index contributed by atoms with van der Waals surface area (Å²) in [5, 5.41) is 5.40. The van der Waals surface area contributed by atoms with Crippen LogP contribution in [0.2, 0.25) is 10.0 Å². The minimum Gasteiger partial charge on any atom is -0.428 e. The molecule has 2 amide bonds. The molecule has 2 heterocycles. The van der Waals surface area contributed by atoms with E-state index in [9.17, 15) is 32.3 Å². The maximum absolute atomic E-state index is 13.4. The largest absolute Gasteiger partial charge is 0.454 e. The van der Waals surface area contributed by atoms with Crippen LogP contribution in [0.4, 0.5) is 13.2 Å². The van der Waals surface area contributed by atoms with Gasteiger partial charge in [-0.2, -0.15) is 13.2 Å². The molecule has 0 aliphatic heterocycles. The number of ether oxygens (including phenoxy) is 1. The molecule has 2 aromatic carbocycles. The molecule has 0 aliphatic carbocycles. The van der Waals surface area contributed by atoms with Crippen LogP contribution in [-0.4, -0.2) is 53.0 Å². The van der Waals surface area contributed by atoms with Gasteiger partial charge in [-0.1, -0.05) is 35.3 Å². The molecule has 9 nitrogen and oxygen atoms in total. The summed E-state index contributed by atoms with van der Waals surface area (Å²) >= 11 is 12.1. The molecule has 0 radical (unpaired) electrons. The number of carbonyl (C=O) groups excluding carboxylic acids is 4. The molecule has 14 heteroatoms. The first kappa shape index (κ1) is 28.0. The van der Waals surface area contributed by atoms with Crippen molar-refractivity contribution in [3.63, 3.8) is 0 Å². The number of likely N-dealkylation sites (N-methyl/N-ethyl adjacent to an activating group) is 2. The molecule has 0 spiro atoms. The third kappa shape index (κ3) is 5.43. The SMILES string of the molecule is CNC(=O)Cn1cc(C(=O)OC(C(=O)NC)n2cc(C(=O)C(F)(F)F)c3ccc(Cl)cc32)c2ccc(Cl)cc21. The highest BCUT2D eigenvalue weighted by Crippen LogP contribution is 2.33. The Morgan fingerprint density at radius 3 is 2.05 bits per heavy atom. The Morgan fingerprint density at radius 1 is 0.897 bits per heavy atom. The molecule has 0 saturated carbocycles. The van der Waals surface area contributed by atoms with Gasteiger partial charge in [-0.05, 0) is 24.3 Å². The first-order chi connectivity index (χ1) is 18.3.